The molecule has 20 heavy (non-hydrogen) atoms. The number of hydrogen-bond donors (Lipinski definition) is 2. The number of para-hydroxylation sites is 1. The number of phenols is 1. The number of phenolic OH excluding ortho intramolecular Hbond substituents is 1. The molecule has 1 aliphatic rings. The minimum atomic E-state index is 0.211. The standard InChI is InChI=1S/C16H25NO2S/c1-3-14(13-6-4-5-7-15(13)18)17-12-16(20-2)8-10-19-11-9-16/h4-7,14,17-18H,3,8-12H2,1-2H3/t14-/m0/s1. The fraction of sp³-hybridized carbons (Fsp3) is 0.625. The summed E-state index contributed by atoms with van der Waals surface area (Å²) < 4.78 is 5.76. The lowest BCUT2D eigenvalue weighted by Crippen LogP contribution is -2.43. The number of benzene rings is 1. The molecule has 1 saturated heterocycles. The zero-order valence-electron chi connectivity index (χ0n) is 12.4. The van der Waals surface area contributed by atoms with Crippen LogP contribution in [-0.4, -0.2) is 35.9 Å². The van der Waals surface area contributed by atoms with E-state index in [1.165, 1.54) is 0 Å². The predicted molar refractivity (Wildman–Crippen MR) is 85.4 cm³/mol. The predicted octanol–water partition coefficient (Wildman–Crippen LogP) is 3.35. The monoisotopic (exact) mass is 295 g/mol. The van der Waals surface area contributed by atoms with Gasteiger partial charge in [0.05, 0.1) is 0 Å². The van der Waals surface area contributed by atoms with Crippen molar-refractivity contribution in [3.8, 4) is 5.75 Å². The molecule has 2 rings (SSSR count). The second-order valence-corrected chi connectivity index (χ2v) is 6.67. The maximum Gasteiger partial charge on any atom is 0.120 e. The first kappa shape index (κ1) is 15.7. The van der Waals surface area contributed by atoms with Crippen LogP contribution in [-0.2, 0) is 4.74 Å². The Labute approximate surface area is 126 Å². The summed E-state index contributed by atoms with van der Waals surface area (Å²) in [4.78, 5) is 0. The van der Waals surface area contributed by atoms with Crippen molar-refractivity contribution in [1.82, 2.24) is 5.32 Å². The molecule has 0 bridgehead atoms. The molecular formula is C16H25NO2S. The molecule has 1 aromatic rings. The lowest BCUT2D eigenvalue weighted by atomic mass is 9.97. The normalized spacial score (nSPS) is 19.7. The van der Waals surface area contributed by atoms with Crippen LogP contribution < -0.4 is 5.32 Å². The van der Waals surface area contributed by atoms with Gasteiger partial charge in [-0.15, -0.1) is 0 Å². The van der Waals surface area contributed by atoms with E-state index in [2.05, 4.69) is 18.5 Å². The topological polar surface area (TPSA) is 41.5 Å². The highest BCUT2D eigenvalue weighted by molar-refractivity contribution is 8.00. The van der Waals surface area contributed by atoms with E-state index in [0.29, 0.717) is 5.75 Å². The Morgan fingerprint density at radius 1 is 1.35 bits per heavy atom. The summed E-state index contributed by atoms with van der Waals surface area (Å²) in [5.41, 5.74) is 0.998. The highest BCUT2D eigenvalue weighted by Gasteiger charge is 2.32. The number of aromatic hydroxyl groups is 1. The van der Waals surface area contributed by atoms with Crippen LogP contribution in [0.5, 0.6) is 5.75 Å². The third kappa shape index (κ3) is 3.68. The van der Waals surface area contributed by atoms with Crippen molar-refractivity contribution in [3.05, 3.63) is 29.8 Å². The fourth-order valence-electron chi connectivity index (χ4n) is 2.76. The molecular weight excluding hydrogens is 270 g/mol. The summed E-state index contributed by atoms with van der Waals surface area (Å²) in [5, 5.41) is 13.7. The summed E-state index contributed by atoms with van der Waals surface area (Å²) >= 11 is 1.94. The van der Waals surface area contributed by atoms with Crippen molar-refractivity contribution in [3.63, 3.8) is 0 Å². The highest BCUT2D eigenvalue weighted by atomic mass is 32.2. The van der Waals surface area contributed by atoms with Crippen molar-refractivity contribution in [1.29, 1.82) is 0 Å². The van der Waals surface area contributed by atoms with Gasteiger partial charge in [-0.05, 0) is 31.6 Å². The molecule has 1 aromatic carbocycles. The molecule has 0 aliphatic carbocycles. The van der Waals surface area contributed by atoms with Gasteiger partial charge in [-0.25, -0.2) is 0 Å². The molecule has 1 fully saturated rings. The molecule has 2 N–H and O–H groups in total. The Kier molecular flexibility index (Phi) is 5.75. The molecule has 0 amide bonds. The Balaban J connectivity index is 2.01. The van der Waals surface area contributed by atoms with E-state index in [4.69, 9.17) is 4.74 Å². The smallest absolute Gasteiger partial charge is 0.120 e. The van der Waals surface area contributed by atoms with Crippen LogP contribution in [0.15, 0.2) is 24.3 Å². The summed E-state index contributed by atoms with van der Waals surface area (Å²) in [5.74, 6) is 0.386. The second kappa shape index (κ2) is 7.34. The van der Waals surface area contributed by atoms with Crippen LogP contribution in [0.4, 0.5) is 0 Å². The van der Waals surface area contributed by atoms with Crippen LogP contribution in [0, 0.1) is 0 Å². The summed E-state index contributed by atoms with van der Waals surface area (Å²) in [6.45, 7) is 4.83. The molecule has 1 atom stereocenters. The van der Waals surface area contributed by atoms with Gasteiger partial charge in [-0.2, -0.15) is 11.8 Å². The van der Waals surface area contributed by atoms with E-state index < -0.39 is 0 Å². The van der Waals surface area contributed by atoms with Crippen LogP contribution in [0.2, 0.25) is 0 Å². The number of thioether (sulfide) groups is 1. The number of nitrogens with one attached hydrogen (secondary N) is 1. The molecule has 1 heterocycles. The van der Waals surface area contributed by atoms with Gasteiger partial charge in [-0.1, -0.05) is 25.1 Å². The average Bonchev–Trinajstić information content (AvgIpc) is 2.50. The molecule has 3 nitrogen and oxygen atoms in total. The maximum absolute atomic E-state index is 10.0. The zero-order chi connectivity index (χ0) is 14.4. The van der Waals surface area contributed by atoms with Gasteiger partial charge < -0.3 is 15.2 Å². The van der Waals surface area contributed by atoms with Gasteiger partial charge in [0, 0.05) is 36.1 Å². The van der Waals surface area contributed by atoms with Crippen molar-refractivity contribution >= 4 is 11.8 Å². The largest absolute Gasteiger partial charge is 0.508 e. The molecule has 4 heteroatoms. The molecule has 0 unspecified atom stereocenters. The van der Waals surface area contributed by atoms with Gasteiger partial charge in [-0.3, -0.25) is 0 Å². The summed E-state index contributed by atoms with van der Waals surface area (Å²) in [6, 6.07) is 7.83. The molecule has 0 aromatic heterocycles. The van der Waals surface area contributed by atoms with E-state index in [1.54, 1.807) is 6.07 Å². The summed E-state index contributed by atoms with van der Waals surface area (Å²) in [6.07, 6.45) is 5.35. The molecule has 1 aliphatic heterocycles. The lowest BCUT2D eigenvalue weighted by Gasteiger charge is -2.37. The molecule has 0 saturated carbocycles. The van der Waals surface area contributed by atoms with E-state index >= 15 is 0 Å². The number of hydrogen-bond acceptors (Lipinski definition) is 4. The van der Waals surface area contributed by atoms with E-state index in [-0.39, 0.29) is 10.8 Å². The first-order chi connectivity index (χ1) is 9.71. The van der Waals surface area contributed by atoms with E-state index in [1.807, 2.05) is 30.0 Å². The van der Waals surface area contributed by atoms with Crippen molar-refractivity contribution in [2.45, 2.75) is 37.0 Å². The number of ether oxygens (including phenoxy) is 1. The average molecular weight is 295 g/mol. The Morgan fingerprint density at radius 2 is 2.05 bits per heavy atom. The first-order valence-electron chi connectivity index (χ1n) is 7.35. The van der Waals surface area contributed by atoms with Crippen molar-refractivity contribution < 1.29 is 9.84 Å². The minimum absolute atomic E-state index is 0.211. The Morgan fingerprint density at radius 3 is 2.65 bits per heavy atom. The third-order valence-electron chi connectivity index (χ3n) is 4.23. The lowest BCUT2D eigenvalue weighted by molar-refractivity contribution is 0.0764. The van der Waals surface area contributed by atoms with Crippen LogP contribution in [0.25, 0.3) is 0 Å². The van der Waals surface area contributed by atoms with Gasteiger partial charge in [0.15, 0.2) is 0 Å². The number of rotatable bonds is 6. The fourth-order valence-corrected chi connectivity index (χ4v) is 3.56. The van der Waals surface area contributed by atoms with E-state index in [0.717, 1.165) is 44.6 Å². The quantitative estimate of drug-likeness (QED) is 0.844. The van der Waals surface area contributed by atoms with Crippen molar-refractivity contribution in [2.75, 3.05) is 26.0 Å². The highest BCUT2D eigenvalue weighted by Crippen LogP contribution is 2.34. The minimum Gasteiger partial charge on any atom is -0.508 e. The van der Waals surface area contributed by atoms with Gasteiger partial charge in [0.1, 0.15) is 5.75 Å². The van der Waals surface area contributed by atoms with E-state index in [9.17, 15) is 5.11 Å². The molecule has 0 radical (unpaired) electrons. The molecule has 112 valence electrons. The van der Waals surface area contributed by atoms with Crippen LogP contribution in [0.1, 0.15) is 37.8 Å². The van der Waals surface area contributed by atoms with Gasteiger partial charge in [0.25, 0.3) is 0 Å². The van der Waals surface area contributed by atoms with Crippen LogP contribution in [0.3, 0.4) is 0 Å². The van der Waals surface area contributed by atoms with Gasteiger partial charge >= 0.3 is 0 Å². The van der Waals surface area contributed by atoms with Gasteiger partial charge in [0.2, 0.25) is 0 Å². The SMILES string of the molecule is CC[C@H](NCC1(SC)CCOCC1)c1ccccc1O. The third-order valence-corrected chi connectivity index (χ3v) is 5.65. The second-order valence-electron chi connectivity index (χ2n) is 5.40. The first-order valence-corrected chi connectivity index (χ1v) is 8.57. The molecule has 0 spiro atoms. The van der Waals surface area contributed by atoms with Crippen molar-refractivity contribution in [2.24, 2.45) is 0 Å². The zero-order valence-corrected chi connectivity index (χ0v) is 13.2. The maximum atomic E-state index is 10.0. The summed E-state index contributed by atoms with van der Waals surface area (Å²) in [7, 11) is 0. The van der Waals surface area contributed by atoms with Crippen LogP contribution >= 0.6 is 11.8 Å². The Bertz CT molecular complexity index is 419. The Hall–Kier alpha value is -0.710.